The molecule has 0 atom stereocenters. The van der Waals surface area contributed by atoms with Crippen LogP contribution in [0.25, 0.3) is 0 Å². The highest BCUT2D eigenvalue weighted by molar-refractivity contribution is 5.03. The van der Waals surface area contributed by atoms with Gasteiger partial charge in [-0.3, -0.25) is 4.90 Å². The van der Waals surface area contributed by atoms with E-state index in [9.17, 15) is 5.11 Å². The van der Waals surface area contributed by atoms with Gasteiger partial charge in [0.1, 0.15) is 0 Å². The Bertz CT molecular complexity index is 206. The van der Waals surface area contributed by atoms with Crippen molar-refractivity contribution in [3.63, 3.8) is 0 Å². The van der Waals surface area contributed by atoms with Crippen LogP contribution in [0.2, 0.25) is 0 Å². The lowest BCUT2D eigenvalue weighted by atomic mass is 9.63. The molecule has 1 saturated carbocycles. The Hall–Kier alpha value is -0.120. The van der Waals surface area contributed by atoms with Crippen molar-refractivity contribution in [2.75, 3.05) is 32.8 Å². The number of rotatable bonds is 3. The molecule has 1 aliphatic carbocycles. The second kappa shape index (κ2) is 4.40. The minimum Gasteiger partial charge on any atom is -0.394 e. The second-order valence-corrected chi connectivity index (χ2v) is 5.53. The Morgan fingerprint density at radius 1 is 1.33 bits per heavy atom. The molecule has 2 aliphatic rings. The van der Waals surface area contributed by atoms with Crippen molar-refractivity contribution in [1.29, 1.82) is 0 Å². The smallest absolute Gasteiger partial charge is 0.0615 e. The van der Waals surface area contributed by atoms with Crippen LogP contribution in [0.4, 0.5) is 0 Å². The van der Waals surface area contributed by atoms with Crippen LogP contribution in [0.15, 0.2) is 0 Å². The van der Waals surface area contributed by atoms with E-state index in [4.69, 9.17) is 0 Å². The normalized spacial score (nSPS) is 38.0. The predicted octanol–water partition coefficient (Wildman–Crippen LogP) is 0.689. The van der Waals surface area contributed by atoms with Crippen LogP contribution >= 0.6 is 0 Å². The van der Waals surface area contributed by atoms with Crippen LogP contribution in [0.3, 0.4) is 0 Å². The maximum Gasteiger partial charge on any atom is 0.0615 e. The van der Waals surface area contributed by atoms with Crippen LogP contribution in [0.1, 0.15) is 26.7 Å². The summed E-state index contributed by atoms with van der Waals surface area (Å²) in [6.45, 7) is 9.29. The summed E-state index contributed by atoms with van der Waals surface area (Å²) < 4.78 is 0. The predicted molar refractivity (Wildman–Crippen MR) is 61.8 cm³/mol. The summed E-state index contributed by atoms with van der Waals surface area (Å²) in [5.74, 6) is 1.60. The largest absolute Gasteiger partial charge is 0.394 e. The average molecular weight is 212 g/mol. The van der Waals surface area contributed by atoms with Crippen molar-refractivity contribution in [3.8, 4) is 0 Å². The first-order chi connectivity index (χ1) is 7.18. The van der Waals surface area contributed by atoms with Gasteiger partial charge in [-0.15, -0.1) is 0 Å². The van der Waals surface area contributed by atoms with Crippen LogP contribution in [-0.4, -0.2) is 48.3 Å². The third-order valence-electron chi connectivity index (χ3n) is 4.31. The van der Waals surface area contributed by atoms with Gasteiger partial charge >= 0.3 is 0 Å². The Labute approximate surface area is 92.8 Å². The molecule has 0 aromatic rings. The van der Waals surface area contributed by atoms with Crippen LogP contribution in [0.5, 0.6) is 0 Å². The summed E-state index contributed by atoms with van der Waals surface area (Å²) in [7, 11) is 0. The van der Waals surface area contributed by atoms with E-state index in [2.05, 4.69) is 24.1 Å². The molecule has 0 aromatic heterocycles. The molecule has 2 fully saturated rings. The zero-order valence-electron chi connectivity index (χ0n) is 10.00. The van der Waals surface area contributed by atoms with E-state index in [1.54, 1.807) is 0 Å². The SMILES string of the molecule is CC(C)C1CC(CO)(N2CCNCC2)C1. The van der Waals surface area contributed by atoms with E-state index in [1.807, 2.05) is 0 Å². The molecule has 0 amide bonds. The van der Waals surface area contributed by atoms with Gasteiger partial charge < -0.3 is 10.4 Å². The Morgan fingerprint density at radius 3 is 2.40 bits per heavy atom. The van der Waals surface area contributed by atoms with Crippen LogP contribution in [0, 0.1) is 11.8 Å². The Kier molecular flexibility index (Phi) is 3.33. The highest BCUT2D eigenvalue weighted by Crippen LogP contribution is 2.45. The van der Waals surface area contributed by atoms with E-state index in [0.717, 1.165) is 38.0 Å². The average Bonchev–Trinajstić information content (AvgIpc) is 2.18. The van der Waals surface area contributed by atoms with Crippen LogP contribution < -0.4 is 5.32 Å². The molecule has 0 radical (unpaired) electrons. The molecule has 0 unspecified atom stereocenters. The summed E-state index contributed by atoms with van der Waals surface area (Å²) in [4.78, 5) is 2.50. The number of piperazine rings is 1. The third kappa shape index (κ3) is 2.05. The van der Waals surface area contributed by atoms with Gasteiger partial charge in [-0.05, 0) is 24.7 Å². The van der Waals surface area contributed by atoms with Crippen molar-refractivity contribution in [2.45, 2.75) is 32.2 Å². The topological polar surface area (TPSA) is 35.5 Å². The van der Waals surface area contributed by atoms with Crippen molar-refractivity contribution < 1.29 is 5.11 Å². The first-order valence-corrected chi connectivity index (χ1v) is 6.24. The maximum absolute atomic E-state index is 9.63. The summed E-state index contributed by atoms with van der Waals surface area (Å²) >= 11 is 0. The fourth-order valence-electron chi connectivity index (χ4n) is 3.01. The van der Waals surface area contributed by atoms with E-state index in [-0.39, 0.29) is 5.54 Å². The number of aliphatic hydroxyl groups excluding tert-OH is 1. The van der Waals surface area contributed by atoms with Crippen molar-refractivity contribution >= 4 is 0 Å². The summed E-state index contributed by atoms with van der Waals surface area (Å²) in [6.07, 6.45) is 2.39. The monoisotopic (exact) mass is 212 g/mol. The van der Waals surface area contributed by atoms with Crippen molar-refractivity contribution in [2.24, 2.45) is 11.8 Å². The standard InChI is InChI=1S/C12H24N2O/c1-10(2)11-7-12(8-11,9-15)14-5-3-13-4-6-14/h10-11,13,15H,3-9H2,1-2H3. The van der Waals surface area contributed by atoms with E-state index in [0.29, 0.717) is 6.61 Å². The molecule has 88 valence electrons. The molecule has 15 heavy (non-hydrogen) atoms. The molecule has 0 aromatic carbocycles. The van der Waals surface area contributed by atoms with E-state index < -0.39 is 0 Å². The zero-order valence-corrected chi connectivity index (χ0v) is 10.00. The van der Waals surface area contributed by atoms with Crippen LogP contribution in [-0.2, 0) is 0 Å². The lowest BCUT2D eigenvalue weighted by Crippen LogP contribution is -2.64. The number of hydrogen-bond donors (Lipinski definition) is 2. The molecule has 0 bridgehead atoms. The minimum absolute atomic E-state index is 0.136. The third-order valence-corrected chi connectivity index (χ3v) is 4.31. The second-order valence-electron chi connectivity index (χ2n) is 5.53. The fraction of sp³-hybridized carbons (Fsp3) is 1.00. The van der Waals surface area contributed by atoms with Gasteiger partial charge in [0.25, 0.3) is 0 Å². The van der Waals surface area contributed by atoms with Crippen molar-refractivity contribution in [3.05, 3.63) is 0 Å². The molecular formula is C12H24N2O. The highest BCUT2D eigenvalue weighted by Gasteiger charge is 2.48. The Balaban J connectivity index is 1.93. The first-order valence-electron chi connectivity index (χ1n) is 6.24. The minimum atomic E-state index is 0.136. The molecule has 3 heteroatoms. The molecule has 0 spiro atoms. The highest BCUT2D eigenvalue weighted by atomic mass is 16.3. The number of aliphatic hydroxyl groups is 1. The zero-order chi connectivity index (χ0) is 10.9. The van der Waals surface area contributed by atoms with E-state index >= 15 is 0 Å². The summed E-state index contributed by atoms with van der Waals surface area (Å²) in [5.41, 5.74) is 0.136. The number of nitrogens with one attached hydrogen (secondary N) is 1. The van der Waals surface area contributed by atoms with Gasteiger partial charge in [0.05, 0.1) is 6.61 Å². The molecule has 1 heterocycles. The molecule has 2 rings (SSSR count). The fourth-order valence-corrected chi connectivity index (χ4v) is 3.01. The maximum atomic E-state index is 9.63. The molecule has 1 aliphatic heterocycles. The summed E-state index contributed by atoms with van der Waals surface area (Å²) in [6, 6.07) is 0. The van der Waals surface area contributed by atoms with Gasteiger partial charge in [-0.2, -0.15) is 0 Å². The van der Waals surface area contributed by atoms with Gasteiger partial charge in [-0.25, -0.2) is 0 Å². The molecule has 2 N–H and O–H groups in total. The Morgan fingerprint density at radius 2 is 1.93 bits per heavy atom. The quantitative estimate of drug-likeness (QED) is 0.722. The van der Waals surface area contributed by atoms with Gasteiger partial charge in [0.15, 0.2) is 0 Å². The van der Waals surface area contributed by atoms with Gasteiger partial charge in [0, 0.05) is 31.7 Å². The van der Waals surface area contributed by atoms with Crippen molar-refractivity contribution in [1.82, 2.24) is 10.2 Å². The lowest BCUT2D eigenvalue weighted by molar-refractivity contribution is -0.0795. The van der Waals surface area contributed by atoms with E-state index in [1.165, 1.54) is 12.8 Å². The summed E-state index contributed by atoms with van der Waals surface area (Å²) in [5, 5.41) is 13.0. The van der Waals surface area contributed by atoms with Gasteiger partial charge in [-0.1, -0.05) is 13.8 Å². The lowest BCUT2D eigenvalue weighted by Gasteiger charge is -2.56. The number of hydrogen-bond acceptors (Lipinski definition) is 3. The number of nitrogens with zero attached hydrogens (tertiary/aromatic N) is 1. The molecular weight excluding hydrogens is 188 g/mol. The molecule has 3 nitrogen and oxygen atoms in total. The van der Waals surface area contributed by atoms with Gasteiger partial charge in [0.2, 0.25) is 0 Å². The molecule has 1 saturated heterocycles. The first kappa shape index (κ1) is 11.4.